The average molecular weight is 254 g/mol. The van der Waals surface area contributed by atoms with Crippen LogP contribution < -0.4 is 0 Å². The molecule has 17 heavy (non-hydrogen) atoms. The lowest BCUT2D eigenvalue weighted by Gasteiger charge is -2.24. The van der Waals surface area contributed by atoms with Crippen LogP contribution in [0.5, 0.6) is 0 Å². The van der Waals surface area contributed by atoms with Crippen LogP contribution in [0.2, 0.25) is 0 Å². The molecule has 1 aromatic rings. The van der Waals surface area contributed by atoms with E-state index in [-0.39, 0.29) is 0 Å². The maximum Gasteiger partial charge on any atom is 0.0353 e. The Kier molecular flexibility index (Phi) is 6.01. The first-order valence-corrected chi connectivity index (χ1v) is 6.89. The highest BCUT2D eigenvalue weighted by Crippen LogP contribution is 2.23. The van der Waals surface area contributed by atoms with Crippen molar-refractivity contribution in [3.63, 3.8) is 0 Å². The van der Waals surface area contributed by atoms with E-state index < -0.39 is 0 Å². The molecule has 0 aliphatic rings. The van der Waals surface area contributed by atoms with Gasteiger partial charge >= 0.3 is 0 Å². The van der Waals surface area contributed by atoms with Gasteiger partial charge in [-0.25, -0.2) is 0 Å². The lowest BCUT2D eigenvalue weighted by molar-refractivity contribution is 0.293. The molecule has 1 unspecified atom stereocenters. The van der Waals surface area contributed by atoms with E-state index in [1.165, 1.54) is 11.1 Å². The van der Waals surface area contributed by atoms with Crippen LogP contribution in [0.4, 0.5) is 0 Å². The second kappa shape index (κ2) is 7.03. The van der Waals surface area contributed by atoms with Gasteiger partial charge in [-0.05, 0) is 44.0 Å². The number of hydrogen-bond acceptors (Lipinski definition) is 1. The minimum atomic E-state index is 0.431. The normalized spacial score (nSPS) is 13.4. The van der Waals surface area contributed by atoms with E-state index >= 15 is 0 Å². The van der Waals surface area contributed by atoms with Crippen molar-refractivity contribution in [2.45, 2.75) is 32.7 Å². The molecule has 0 spiro atoms. The third kappa shape index (κ3) is 4.69. The number of halogens is 1. The first-order chi connectivity index (χ1) is 8.04. The second-order valence-electron chi connectivity index (χ2n) is 5.30. The summed E-state index contributed by atoms with van der Waals surface area (Å²) < 4.78 is 0. The molecule has 0 fully saturated rings. The monoisotopic (exact) mass is 253 g/mol. The summed E-state index contributed by atoms with van der Waals surface area (Å²) in [6.07, 6.45) is 2.15. The molecular formula is C15H24ClN. The van der Waals surface area contributed by atoms with Crippen molar-refractivity contribution in [3.05, 3.63) is 35.4 Å². The van der Waals surface area contributed by atoms with Crippen LogP contribution >= 0.6 is 11.6 Å². The first kappa shape index (κ1) is 14.5. The number of alkyl halides is 1. The number of hydrogen-bond donors (Lipinski definition) is 0. The lowest BCUT2D eigenvalue weighted by atomic mass is 9.98. The van der Waals surface area contributed by atoms with E-state index in [1.807, 2.05) is 0 Å². The molecule has 1 atom stereocenters. The molecule has 0 bridgehead atoms. The molecule has 0 saturated carbocycles. The smallest absolute Gasteiger partial charge is 0.0353 e. The van der Waals surface area contributed by atoms with Gasteiger partial charge in [-0.3, -0.25) is 0 Å². The number of rotatable bonds is 6. The number of benzene rings is 1. The van der Waals surface area contributed by atoms with E-state index in [0.29, 0.717) is 17.8 Å². The summed E-state index contributed by atoms with van der Waals surface area (Å²) >= 11 is 5.86. The van der Waals surface area contributed by atoms with E-state index in [9.17, 15) is 0 Å². The Balaban J connectivity index is 2.77. The van der Waals surface area contributed by atoms with Crippen LogP contribution in [0.1, 0.15) is 37.4 Å². The molecule has 0 aliphatic heterocycles. The molecule has 1 nitrogen and oxygen atoms in total. The van der Waals surface area contributed by atoms with Crippen LogP contribution in [-0.2, 0) is 6.42 Å². The second-order valence-corrected chi connectivity index (χ2v) is 5.67. The summed E-state index contributed by atoms with van der Waals surface area (Å²) in [4.78, 5) is 2.24. The molecule has 0 saturated heterocycles. The Bertz CT molecular complexity index is 316. The summed E-state index contributed by atoms with van der Waals surface area (Å²) in [5, 5.41) is 0. The van der Waals surface area contributed by atoms with Crippen molar-refractivity contribution in [1.29, 1.82) is 0 Å². The molecule has 0 N–H and O–H groups in total. The van der Waals surface area contributed by atoms with Crippen LogP contribution in [0, 0.1) is 5.92 Å². The molecule has 2 heteroatoms. The van der Waals surface area contributed by atoms with Gasteiger partial charge in [0.1, 0.15) is 0 Å². The highest BCUT2D eigenvalue weighted by Gasteiger charge is 2.13. The summed E-state index contributed by atoms with van der Waals surface area (Å²) in [5.41, 5.74) is 2.79. The van der Waals surface area contributed by atoms with Crippen molar-refractivity contribution in [2.24, 2.45) is 5.92 Å². The zero-order chi connectivity index (χ0) is 12.8. The highest BCUT2D eigenvalue weighted by molar-refractivity contribution is 6.17. The van der Waals surface area contributed by atoms with Gasteiger partial charge in [-0.15, -0.1) is 11.6 Å². The van der Waals surface area contributed by atoms with Crippen molar-refractivity contribution >= 4 is 11.6 Å². The first-order valence-electron chi connectivity index (χ1n) is 6.35. The van der Waals surface area contributed by atoms with E-state index in [4.69, 9.17) is 11.6 Å². The van der Waals surface area contributed by atoms with Crippen molar-refractivity contribution in [2.75, 3.05) is 20.0 Å². The molecule has 1 rings (SSSR count). The Morgan fingerprint density at radius 2 is 1.71 bits per heavy atom. The molecule has 0 heterocycles. The van der Waals surface area contributed by atoms with Crippen molar-refractivity contribution in [3.8, 4) is 0 Å². The van der Waals surface area contributed by atoms with Crippen LogP contribution in [0.15, 0.2) is 24.3 Å². The molecule has 0 amide bonds. The van der Waals surface area contributed by atoms with Gasteiger partial charge in [0.2, 0.25) is 0 Å². The SMILES string of the molecule is CC(C)Cc1ccc(C(CCCl)N(C)C)cc1. The fourth-order valence-corrected chi connectivity index (χ4v) is 2.38. The summed E-state index contributed by atoms with van der Waals surface area (Å²) in [5.74, 6) is 1.42. The fourth-order valence-electron chi connectivity index (χ4n) is 2.17. The number of nitrogens with zero attached hydrogens (tertiary/aromatic N) is 1. The predicted molar refractivity (Wildman–Crippen MR) is 76.7 cm³/mol. The standard InChI is InChI=1S/C15H24ClN/c1-12(2)11-13-5-7-14(8-6-13)15(9-10-16)17(3)4/h5-8,12,15H,9-11H2,1-4H3. The fraction of sp³-hybridized carbons (Fsp3) is 0.600. The Hall–Kier alpha value is -0.530. The molecular weight excluding hydrogens is 230 g/mol. The Morgan fingerprint density at radius 3 is 2.12 bits per heavy atom. The van der Waals surface area contributed by atoms with Gasteiger partial charge < -0.3 is 4.90 Å². The highest BCUT2D eigenvalue weighted by atomic mass is 35.5. The molecule has 0 aliphatic carbocycles. The summed E-state index contributed by atoms with van der Waals surface area (Å²) in [6.45, 7) is 4.51. The van der Waals surface area contributed by atoms with Gasteiger partial charge in [0.15, 0.2) is 0 Å². The Labute approximate surface area is 111 Å². The maximum absolute atomic E-state index is 5.86. The molecule has 0 aromatic heterocycles. The van der Waals surface area contributed by atoms with Gasteiger partial charge in [-0.1, -0.05) is 38.1 Å². The third-order valence-corrected chi connectivity index (χ3v) is 3.23. The average Bonchev–Trinajstić information content (AvgIpc) is 2.26. The van der Waals surface area contributed by atoms with Crippen molar-refractivity contribution in [1.82, 2.24) is 4.90 Å². The molecule has 0 radical (unpaired) electrons. The quantitative estimate of drug-likeness (QED) is 0.690. The Morgan fingerprint density at radius 1 is 1.12 bits per heavy atom. The van der Waals surface area contributed by atoms with E-state index in [2.05, 4.69) is 57.1 Å². The minimum absolute atomic E-state index is 0.431. The van der Waals surface area contributed by atoms with Crippen LogP contribution in [0.25, 0.3) is 0 Å². The van der Waals surface area contributed by atoms with E-state index in [1.54, 1.807) is 0 Å². The largest absolute Gasteiger partial charge is 0.302 e. The van der Waals surface area contributed by atoms with Crippen LogP contribution in [-0.4, -0.2) is 24.9 Å². The van der Waals surface area contributed by atoms with Gasteiger partial charge in [0.25, 0.3) is 0 Å². The zero-order valence-electron chi connectivity index (χ0n) is 11.4. The van der Waals surface area contributed by atoms with Gasteiger partial charge in [0.05, 0.1) is 0 Å². The van der Waals surface area contributed by atoms with Crippen LogP contribution in [0.3, 0.4) is 0 Å². The molecule has 96 valence electrons. The zero-order valence-corrected chi connectivity index (χ0v) is 12.2. The maximum atomic E-state index is 5.86. The minimum Gasteiger partial charge on any atom is -0.302 e. The third-order valence-electron chi connectivity index (χ3n) is 3.01. The topological polar surface area (TPSA) is 3.24 Å². The predicted octanol–water partition coefficient (Wildman–Crippen LogP) is 4.12. The van der Waals surface area contributed by atoms with Gasteiger partial charge in [0, 0.05) is 11.9 Å². The van der Waals surface area contributed by atoms with Crippen molar-refractivity contribution < 1.29 is 0 Å². The molecule has 1 aromatic carbocycles. The van der Waals surface area contributed by atoms with E-state index in [0.717, 1.165) is 12.8 Å². The summed E-state index contributed by atoms with van der Waals surface area (Å²) in [7, 11) is 4.22. The summed E-state index contributed by atoms with van der Waals surface area (Å²) in [6, 6.07) is 9.42. The van der Waals surface area contributed by atoms with Gasteiger partial charge in [-0.2, -0.15) is 0 Å². The lowest BCUT2D eigenvalue weighted by Crippen LogP contribution is -2.20.